The van der Waals surface area contributed by atoms with Gasteiger partial charge in [0.05, 0.1) is 5.56 Å². The molecule has 2 aliphatic rings. The average molecular weight is 511 g/mol. The van der Waals surface area contributed by atoms with E-state index in [9.17, 15) is 14.4 Å². The number of rotatable bonds is 7. The third kappa shape index (κ3) is 5.88. The number of piperazine rings is 1. The summed E-state index contributed by atoms with van der Waals surface area (Å²) < 4.78 is 0. The van der Waals surface area contributed by atoms with Crippen LogP contribution in [0.15, 0.2) is 72.8 Å². The van der Waals surface area contributed by atoms with E-state index in [0.717, 1.165) is 29.7 Å². The Labute approximate surface area is 224 Å². The highest BCUT2D eigenvalue weighted by molar-refractivity contribution is 6.02. The van der Waals surface area contributed by atoms with Gasteiger partial charge in [0.25, 0.3) is 11.8 Å². The van der Waals surface area contributed by atoms with E-state index in [-0.39, 0.29) is 23.6 Å². The summed E-state index contributed by atoms with van der Waals surface area (Å²) in [6, 6.07) is 23.1. The minimum atomic E-state index is -0.107. The maximum Gasteiger partial charge on any atom is 0.256 e. The van der Waals surface area contributed by atoms with Crippen LogP contribution in [0.4, 0.5) is 11.4 Å². The van der Waals surface area contributed by atoms with Crippen LogP contribution >= 0.6 is 0 Å². The van der Waals surface area contributed by atoms with Crippen LogP contribution in [0.25, 0.3) is 0 Å². The van der Waals surface area contributed by atoms with Crippen molar-refractivity contribution in [3.05, 3.63) is 95.1 Å². The first-order chi connectivity index (χ1) is 18.4. The van der Waals surface area contributed by atoms with Crippen molar-refractivity contribution >= 4 is 29.1 Å². The number of nitrogens with zero attached hydrogens (tertiary/aromatic N) is 3. The molecule has 0 aromatic heterocycles. The van der Waals surface area contributed by atoms with Gasteiger partial charge in [0, 0.05) is 62.6 Å². The second-order valence-corrected chi connectivity index (χ2v) is 10.3. The summed E-state index contributed by atoms with van der Waals surface area (Å²) in [6.45, 7) is 4.87. The number of carbonyl (C=O) groups is 3. The molecule has 1 aliphatic heterocycles. The Bertz CT molecular complexity index is 1310. The molecule has 1 heterocycles. The van der Waals surface area contributed by atoms with Gasteiger partial charge in [-0.3, -0.25) is 14.4 Å². The lowest BCUT2D eigenvalue weighted by molar-refractivity contribution is -0.117. The van der Waals surface area contributed by atoms with Gasteiger partial charge in [-0.05, 0) is 55.7 Å². The fourth-order valence-electron chi connectivity index (χ4n) is 4.81. The second kappa shape index (κ2) is 11.1. The molecule has 7 heteroatoms. The van der Waals surface area contributed by atoms with Crippen LogP contribution in [0.5, 0.6) is 0 Å². The molecule has 0 atom stereocenters. The van der Waals surface area contributed by atoms with Crippen LogP contribution in [-0.2, 0) is 11.3 Å². The molecule has 1 saturated carbocycles. The molecule has 0 bridgehead atoms. The summed E-state index contributed by atoms with van der Waals surface area (Å²) in [7, 11) is 1.80. The molecule has 0 unspecified atom stereocenters. The Balaban J connectivity index is 1.34. The molecule has 3 amide bonds. The van der Waals surface area contributed by atoms with Gasteiger partial charge in [0.1, 0.15) is 0 Å². The molecular weight excluding hydrogens is 476 g/mol. The Kier molecular flexibility index (Phi) is 7.45. The third-order valence-corrected chi connectivity index (χ3v) is 7.26. The normalized spacial score (nSPS) is 15.2. The van der Waals surface area contributed by atoms with E-state index < -0.39 is 0 Å². The molecule has 0 spiro atoms. The number of aryl methyl sites for hydroxylation is 1. The van der Waals surface area contributed by atoms with Gasteiger partial charge in [-0.2, -0.15) is 0 Å². The van der Waals surface area contributed by atoms with Crippen molar-refractivity contribution in [1.29, 1.82) is 0 Å². The zero-order valence-electron chi connectivity index (χ0n) is 22.0. The van der Waals surface area contributed by atoms with Crippen LogP contribution in [0.2, 0.25) is 0 Å². The predicted octanol–water partition coefficient (Wildman–Crippen LogP) is 4.58. The summed E-state index contributed by atoms with van der Waals surface area (Å²) in [6.07, 6.45) is 1.84. The molecule has 3 aromatic carbocycles. The molecule has 0 radical (unpaired) electrons. The number of anilines is 2. The highest BCUT2D eigenvalue weighted by Gasteiger charge is 2.30. The smallest absolute Gasteiger partial charge is 0.256 e. The van der Waals surface area contributed by atoms with Crippen molar-refractivity contribution in [2.45, 2.75) is 26.3 Å². The fraction of sp³-hybridized carbons (Fsp3) is 0.323. The number of nitrogens with one attached hydrogen (secondary N) is 1. The summed E-state index contributed by atoms with van der Waals surface area (Å²) >= 11 is 0. The average Bonchev–Trinajstić information content (AvgIpc) is 3.79. The molecule has 38 heavy (non-hydrogen) atoms. The van der Waals surface area contributed by atoms with Crippen molar-refractivity contribution < 1.29 is 14.4 Å². The lowest BCUT2D eigenvalue weighted by Crippen LogP contribution is -2.49. The van der Waals surface area contributed by atoms with Crippen LogP contribution < -0.4 is 10.2 Å². The standard InChI is InChI=1S/C31H34N4O3/c1-22-8-10-25(11-9-22)30(37)35-18-16-34(17-19-35)28-15-14-26(32-29(36)24-12-13-24)20-27(28)31(38)33(2)21-23-6-4-3-5-7-23/h3-11,14-15,20,24H,12-13,16-19,21H2,1-2H3,(H,32,36). The Morgan fingerprint density at radius 1 is 0.895 bits per heavy atom. The zero-order chi connectivity index (χ0) is 26.6. The highest BCUT2D eigenvalue weighted by atomic mass is 16.2. The topological polar surface area (TPSA) is 73.0 Å². The molecule has 1 saturated heterocycles. The largest absolute Gasteiger partial charge is 0.367 e. The Hall–Kier alpha value is -4.13. The minimum absolute atomic E-state index is 0.0111. The van der Waals surface area contributed by atoms with E-state index in [1.54, 1.807) is 18.0 Å². The SMILES string of the molecule is Cc1ccc(C(=O)N2CCN(c3ccc(NC(=O)C4CC4)cc3C(=O)N(C)Cc3ccccc3)CC2)cc1. The van der Waals surface area contributed by atoms with Gasteiger partial charge in [0.15, 0.2) is 0 Å². The first-order valence-electron chi connectivity index (χ1n) is 13.2. The number of hydrogen-bond acceptors (Lipinski definition) is 4. The van der Waals surface area contributed by atoms with Crippen molar-refractivity contribution in [1.82, 2.24) is 9.80 Å². The highest BCUT2D eigenvalue weighted by Crippen LogP contribution is 2.32. The van der Waals surface area contributed by atoms with Crippen molar-refractivity contribution in [2.24, 2.45) is 5.92 Å². The van der Waals surface area contributed by atoms with Gasteiger partial charge in [-0.15, -0.1) is 0 Å². The van der Waals surface area contributed by atoms with E-state index >= 15 is 0 Å². The Morgan fingerprint density at radius 2 is 1.58 bits per heavy atom. The predicted molar refractivity (Wildman–Crippen MR) is 149 cm³/mol. The van der Waals surface area contributed by atoms with E-state index in [4.69, 9.17) is 0 Å². The summed E-state index contributed by atoms with van der Waals surface area (Å²) in [5.74, 6) is 0.0111. The van der Waals surface area contributed by atoms with Crippen LogP contribution in [0.3, 0.4) is 0 Å². The Morgan fingerprint density at radius 3 is 2.24 bits per heavy atom. The van der Waals surface area contributed by atoms with E-state index in [0.29, 0.717) is 49.5 Å². The monoisotopic (exact) mass is 510 g/mol. The lowest BCUT2D eigenvalue weighted by atomic mass is 10.1. The van der Waals surface area contributed by atoms with E-state index in [1.165, 1.54) is 0 Å². The molecular formula is C31H34N4O3. The zero-order valence-corrected chi connectivity index (χ0v) is 22.0. The maximum atomic E-state index is 13.7. The van der Waals surface area contributed by atoms with Gasteiger partial charge in [0.2, 0.25) is 5.91 Å². The first-order valence-corrected chi connectivity index (χ1v) is 13.2. The summed E-state index contributed by atoms with van der Waals surface area (Å²) in [5, 5.41) is 2.98. The minimum Gasteiger partial charge on any atom is -0.367 e. The quantitative estimate of drug-likeness (QED) is 0.505. The molecule has 7 nitrogen and oxygen atoms in total. The van der Waals surface area contributed by atoms with Gasteiger partial charge >= 0.3 is 0 Å². The van der Waals surface area contributed by atoms with Gasteiger partial charge in [-0.1, -0.05) is 48.0 Å². The maximum absolute atomic E-state index is 13.7. The summed E-state index contributed by atoms with van der Waals surface area (Å²) in [5.41, 5.74) is 4.87. The van der Waals surface area contributed by atoms with Crippen molar-refractivity contribution in [2.75, 3.05) is 43.4 Å². The van der Waals surface area contributed by atoms with Crippen LogP contribution in [0.1, 0.15) is 44.7 Å². The van der Waals surface area contributed by atoms with Crippen LogP contribution in [0, 0.1) is 12.8 Å². The van der Waals surface area contributed by atoms with Crippen molar-refractivity contribution in [3.63, 3.8) is 0 Å². The molecule has 196 valence electrons. The number of carbonyl (C=O) groups excluding carboxylic acids is 3. The second-order valence-electron chi connectivity index (χ2n) is 10.3. The molecule has 5 rings (SSSR count). The molecule has 1 N–H and O–H groups in total. The number of benzene rings is 3. The number of amides is 3. The summed E-state index contributed by atoms with van der Waals surface area (Å²) in [4.78, 5) is 44.8. The van der Waals surface area contributed by atoms with Crippen molar-refractivity contribution in [3.8, 4) is 0 Å². The van der Waals surface area contributed by atoms with Gasteiger partial charge < -0.3 is 20.0 Å². The fourth-order valence-corrected chi connectivity index (χ4v) is 4.81. The van der Waals surface area contributed by atoms with Gasteiger partial charge in [-0.25, -0.2) is 0 Å². The van der Waals surface area contributed by atoms with Crippen LogP contribution in [-0.4, -0.2) is 60.7 Å². The number of hydrogen-bond donors (Lipinski definition) is 1. The third-order valence-electron chi connectivity index (χ3n) is 7.26. The molecule has 1 aliphatic carbocycles. The van der Waals surface area contributed by atoms with E-state index in [2.05, 4.69) is 10.2 Å². The van der Waals surface area contributed by atoms with E-state index in [1.807, 2.05) is 78.6 Å². The molecule has 3 aromatic rings. The first kappa shape index (κ1) is 25.5. The molecule has 2 fully saturated rings. The lowest BCUT2D eigenvalue weighted by Gasteiger charge is -2.37.